The Morgan fingerprint density at radius 3 is 0.944 bits per heavy atom. The fourth-order valence-electron chi connectivity index (χ4n) is 2.26. The summed E-state index contributed by atoms with van der Waals surface area (Å²) in [6.45, 7) is 5.72. The number of hydrogen-bond acceptors (Lipinski definition) is 3. The standard InChI is InChI=1S/C12H18B3N3/c1-7-10-13-16(4)14(11-8-2)18(6)15(12-9-3)17(13)5/h1-6H3. The Morgan fingerprint density at radius 1 is 0.556 bits per heavy atom. The number of nitrogens with zero attached hydrogens (tertiary/aromatic N) is 3. The molecule has 6 heteroatoms. The molecular weight excluding hydrogens is 219 g/mol. The largest absolute Gasteiger partial charge is 0.380 e. The highest BCUT2D eigenvalue weighted by atomic mass is 15.3. The molecule has 18 heavy (non-hydrogen) atoms. The van der Waals surface area contributed by atoms with Crippen molar-refractivity contribution in [1.29, 1.82) is 0 Å². The second-order valence-electron chi connectivity index (χ2n) is 4.30. The van der Waals surface area contributed by atoms with E-state index in [0.29, 0.717) is 0 Å². The van der Waals surface area contributed by atoms with Crippen molar-refractivity contribution in [2.75, 3.05) is 21.1 Å². The van der Waals surface area contributed by atoms with Gasteiger partial charge in [0.1, 0.15) is 0 Å². The van der Waals surface area contributed by atoms with Crippen LogP contribution in [0.5, 0.6) is 0 Å². The van der Waals surface area contributed by atoms with E-state index in [4.69, 9.17) is 0 Å². The molecule has 0 radical (unpaired) electrons. The molecule has 1 saturated heterocycles. The van der Waals surface area contributed by atoms with Crippen molar-refractivity contribution in [2.24, 2.45) is 0 Å². The summed E-state index contributed by atoms with van der Waals surface area (Å²) in [5.41, 5.74) is 0. The molecule has 0 unspecified atom stereocenters. The molecule has 0 aliphatic carbocycles. The van der Waals surface area contributed by atoms with Crippen molar-refractivity contribution < 1.29 is 0 Å². The van der Waals surface area contributed by atoms with Gasteiger partial charge < -0.3 is 14.2 Å². The first-order valence-corrected chi connectivity index (χ1v) is 6.01. The smallest absolute Gasteiger partial charge is 0.337 e. The van der Waals surface area contributed by atoms with Crippen LogP contribution in [0.3, 0.4) is 0 Å². The van der Waals surface area contributed by atoms with Crippen LogP contribution in [0.2, 0.25) is 0 Å². The quantitative estimate of drug-likeness (QED) is 0.431. The zero-order chi connectivity index (χ0) is 13.7. The van der Waals surface area contributed by atoms with Gasteiger partial charge in [-0.15, -0.1) is 35.2 Å². The van der Waals surface area contributed by atoms with E-state index in [1.807, 2.05) is 41.9 Å². The number of hydrogen-bond donors (Lipinski definition) is 0. The summed E-state index contributed by atoms with van der Waals surface area (Å²) in [5.74, 6) is 18.6. The molecule has 90 valence electrons. The van der Waals surface area contributed by atoms with Crippen molar-refractivity contribution in [1.82, 2.24) is 14.2 Å². The third-order valence-corrected chi connectivity index (χ3v) is 3.13. The molecule has 0 aromatic carbocycles. The van der Waals surface area contributed by atoms with Gasteiger partial charge in [0.15, 0.2) is 0 Å². The monoisotopic (exact) mass is 237 g/mol. The maximum atomic E-state index is 3.22. The molecule has 1 aliphatic rings. The normalized spacial score (nSPS) is 17.3. The first-order chi connectivity index (χ1) is 8.58. The lowest BCUT2D eigenvalue weighted by atomic mass is 9.44. The highest BCUT2D eigenvalue weighted by Gasteiger charge is 2.47. The van der Waals surface area contributed by atoms with Crippen LogP contribution in [-0.2, 0) is 0 Å². The van der Waals surface area contributed by atoms with Crippen LogP contribution in [0.1, 0.15) is 20.8 Å². The molecule has 1 fully saturated rings. The molecule has 1 heterocycles. The van der Waals surface area contributed by atoms with Gasteiger partial charge in [0.05, 0.1) is 0 Å². The summed E-state index contributed by atoms with van der Waals surface area (Å²) in [5, 5.41) is 0. The van der Waals surface area contributed by atoms with Crippen molar-refractivity contribution >= 4 is 20.9 Å². The minimum Gasteiger partial charge on any atom is -0.337 e. The summed E-state index contributed by atoms with van der Waals surface area (Å²) in [6, 6.07) is 0. The molecule has 1 rings (SSSR count). The molecule has 0 amide bonds. The average molecular weight is 237 g/mol. The van der Waals surface area contributed by atoms with Crippen LogP contribution < -0.4 is 0 Å². The highest BCUT2D eigenvalue weighted by Crippen LogP contribution is 2.13. The van der Waals surface area contributed by atoms with Gasteiger partial charge in [-0.25, -0.2) is 0 Å². The summed E-state index contributed by atoms with van der Waals surface area (Å²) in [7, 11) is 6.14. The van der Waals surface area contributed by atoms with Crippen molar-refractivity contribution in [2.45, 2.75) is 20.8 Å². The van der Waals surface area contributed by atoms with Gasteiger partial charge in [0.2, 0.25) is 0 Å². The highest BCUT2D eigenvalue weighted by molar-refractivity contribution is 6.93. The third-order valence-electron chi connectivity index (χ3n) is 3.13. The molecule has 0 saturated carbocycles. The summed E-state index contributed by atoms with van der Waals surface area (Å²) in [6.07, 6.45) is 0. The van der Waals surface area contributed by atoms with E-state index >= 15 is 0 Å². The Morgan fingerprint density at radius 2 is 0.778 bits per heavy atom. The average Bonchev–Trinajstić information content (AvgIpc) is 2.35. The second-order valence-corrected chi connectivity index (χ2v) is 4.30. The van der Waals surface area contributed by atoms with Crippen LogP contribution in [0, 0.1) is 35.2 Å². The molecule has 0 spiro atoms. The van der Waals surface area contributed by atoms with Crippen LogP contribution >= 0.6 is 0 Å². The second kappa shape index (κ2) is 6.62. The first-order valence-electron chi connectivity index (χ1n) is 6.01. The van der Waals surface area contributed by atoms with Crippen LogP contribution in [0.4, 0.5) is 0 Å². The Hall–Kier alpha value is -1.25. The van der Waals surface area contributed by atoms with Gasteiger partial charge in [-0.05, 0) is 41.9 Å². The van der Waals surface area contributed by atoms with Gasteiger partial charge in [-0.1, -0.05) is 0 Å². The van der Waals surface area contributed by atoms with Crippen LogP contribution in [0.25, 0.3) is 0 Å². The maximum absolute atomic E-state index is 3.22. The lowest BCUT2D eigenvalue weighted by Crippen LogP contribution is -2.74. The summed E-state index contributed by atoms with van der Waals surface area (Å²) >= 11 is 0. The van der Waals surface area contributed by atoms with Crippen molar-refractivity contribution in [3.05, 3.63) is 0 Å². The van der Waals surface area contributed by atoms with Crippen LogP contribution in [0.15, 0.2) is 0 Å². The van der Waals surface area contributed by atoms with E-state index in [2.05, 4.69) is 49.4 Å². The molecule has 0 aromatic rings. The third kappa shape index (κ3) is 2.77. The molecule has 0 aromatic heterocycles. The maximum Gasteiger partial charge on any atom is 0.380 e. The minimum atomic E-state index is 0.0444. The van der Waals surface area contributed by atoms with Crippen LogP contribution in [-0.4, -0.2) is 56.3 Å². The fraction of sp³-hybridized carbons (Fsp3) is 0.500. The van der Waals surface area contributed by atoms with E-state index in [-0.39, 0.29) is 20.9 Å². The number of rotatable bonds is 0. The predicted molar refractivity (Wildman–Crippen MR) is 80.9 cm³/mol. The molecule has 1 aliphatic heterocycles. The van der Waals surface area contributed by atoms with E-state index in [1.54, 1.807) is 0 Å². The summed E-state index contributed by atoms with van der Waals surface area (Å²) in [4.78, 5) is 0. The van der Waals surface area contributed by atoms with Gasteiger partial charge in [-0.3, -0.25) is 0 Å². The predicted octanol–water partition coefficient (Wildman–Crippen LogP) is -0.0525. The Bertz CT molecular complexity index is 391. The zero-order valence-electron chi connectivity index (χ0n) is 12.1. The lowest BCUT2D eigenvalue weighted by molar-refractivity contribution is 0.564. The summed E-state index contributed by atoms with van der Waals surface area (Å²) < 4.78 is 6.50. The van der Waals surface area contributed by atoms with Crippen molar-refractivity contribution in [3.8, 4) is 35.2 Å². The first kappa shape index (κ1) is 14.8. The van der Waals surface area contributed by atoms with Gasteiger partial charge >= 0.3 is 20.9 Å². The van der Waals surface area contributed by atoms with E-state index < -0.39 is 0 Å². The van der Waals surface area contributed by atoms with E-state index in [0.717, 1.165) is 0 Å². The molecular formula is C12H18B3N3. The zero-order valence-corrected chi connectivity index (χ0v) is 12.1. The molecule has 0 bridgehead atoms. The Kier molecular flexibility index (Phi) is 5.45. The minimum absolute atomic E-state index is 0.0444. The Labute approximate surface area is 113 Å². The fourth-order valence-corrected chi connectivity index (χ4v) is 2.26. The molecule has 3 nitrogen and oxygen atoms in total. The van der Waals surface area contributed by atoms with Gasteiger partial charge in [0, 0.05) is 0 Å². The van der Waals surface area contributed by atoms with E-state index in [9.17, 15) is 0 Å². The topological polar surface area (TPSA) is 9.72 Å². The van der Waals surface area contributed by atoms with E-state index in [1.165, 1.54) is 0 Å². The SMILES string of the molecule is CC#CB1N(C)B(C#CC)N(C)B(C#CC)N1C. The van der Waals surface area contributed by atoms with Gasteiger partial charge in [-0.2, -0.15) is 0 Å². The van der Waals surface area contributed by atoms with Crippen molar-refractivity contribution in [3.63, 3.8) is 0 Å². The van der Waals surface area contributed by atoms with Gasteiger partial charge in [0.25, 0.3) is 0 Å². The molecule has 0 N–H and O–H groups in total. The Balaban J connectivity index is 3.17. The molecule has 0 atom stereocenters. The lowest BCUT2D eigenvalue weighted by Gasteiger charge is -2.44.